The van der Waals surface area contributed by atoms with E-state index in [0.29, 0.717) is 0 Å². The summed E-state index contributed by atoms with van der Waals surface area (Å²) in [4.78, 5) is 63.3. The van der Waals surface area contributed by atoms with Crippen molar-refractivity contribution in [2.75, 3.05) is 5.75 Å². The summed E-state index contributed by atoms with van der Waals surface area (Å²) in [7, 11) is 0. The van der Waals surface area contributed by atoms with Gasteiger partial charge in [-0.25, -0.2) is 18.4 Å². The Labute approximate surface area is 257 Å². The predicted molar refractivity (Wildman–Crippen MR) is 145 cm³/mol. The van der Waals surface area contributed by atoms with Crippen molar-refractivity contribution in [1.29, 1.82) is 0 Å². The fraction of sp³-hybridized carbons (Fsp3) is 0.567. The Morgan fingerprint density at radius 1 is 1.16 bits per heavy atom. The lowest BCUT2D eigenvalue weighted by Crippen LogP contribution is -2.71. The number of aliphatic carboxylic acids is 1. The van der Waals surface area contributed by atoms with Gasteiger partial charge in [-0.15, -0.1) is 0 Å². The van der Waals surface area contributed by atoms with Gasteiger partial charge in [0, 0.05) is 22.7 Å². The number of hydrogen-bond acceptors (Lipinski definition) is 9. The Balaban J connectivity index is 1.71. The van der Waals surface area contributed by atoms with Crippen LogP contribution in [-0.4, -0.2) is 69.4 Å². The summed E-state index contributed by atoms with van der Waals surface area (Å²) in [5, 5.41) is 8.31. The van der Waals surface area contributed by atoms with E-state index in [1.165, 1.54) is 32.9 Å². The van der Waals surface area contributed by atoms with E-state index in [4.69, 9.17) is 13.9 Å². The van der Waals surface area contributed by atoms with Gasteiger partial charge >= 0.3 is 24.1 Å². The van der Waals surface area contributed by atoms with E-state index >= 15 is 8.78 Å². The number of carbonyl (C=O) groups excluding carboxylic acids is 4. The van der Waals surface area contributed by atoms with Crippen molar-refractivity contribution < 1.29 is 64.9 Å². The molecule has 5 rings (SSSR count). The summed E-state index contributed by atoms with van der Waals surface area (Å²) in [5.74, 6) is -10.6. The number of alkyl halides is 5. The number of rotatable bonds is 6. The van der Waals surface area contributed by atoms with E-state index in [2.05, 4.69) is 0 Å². The molecule has 3 fully saturated rings. The average molecular weight is 661 g/mol. The van der Waals surface area contributed by atoms with Crippen LogP contribution in [0.1, 0.15) is 50.6 Å². The summed E-state index contributed by atoms with van der Waals surface area (Å²) in [5.41, 5.74) is -9.38. The molecule has 0 aliphatic heterocycles. The molecule has 45 heavy (non-hydrogen) atoms. The molecule has 3 saturated carbocycles. The number of ketones is 1. The highest BCUT2D eigenvalue weighted by molar-refractivity contribution is 8.14. The van der Waals surface area contributed by atoms with E-state index in [9.17, 15) is 42.3 Å². The predicted octanol–water partition coefficient (Wildman–Crippen LogP) is 5.20. The highest BCUT2D eigenvalue weighted by Gasteiger charge is 2.79. The Kier molecular flexibility index (Phi) is 7.90. The number of thioether (sulfide) groups is 1. The molecular weight excluding hydrogens is 631 g/mol. The number of halogens is 5. The molecule has 0 bridgehead atoms. The van der Waals surface area contributed by atoms with Crippen LogP contribution in [0.3, 0.4) is 0 Å². The second-order valence-corrected chi connectivity index (χ2v) is 13.4. The minimum absolute atomic E-state index is 0.0952. The van der Waals surface area contributed by atoms with Gasteiger partial charge < -0.3 is 19.0 Å². The second kappa shape index (κ2) is 10.8. The second-order valence-electron chi connectivity index (χ2n) is 12.4. The van der Waals surface area contributed by atoms with Gasteiger partial charge in [0.05, 0.1) is 12.0 Å². The standard InChI is InChI=1S/C30H29F5O9S/c1-14-9-16-17-11-19(31)18-10-15(36)6-7-26(18,2)28(17,32)21(43-24(40)30(33,34)35)12-27(16,3)29(14,25(41)45-13-22(37)38)44-23(39)20-5-4-8-42-20/h4-8,10,14,16-17,19,21H,9,11-13H2,1-3H3,(H,37,38)/t14-,16?,17?,19+,21+,26+,27+,28+,29+/m1/s1. The van der Waals surface area contributed by atoms with Crippen molar-refractivity contribution in [3.63, 3.8) is 0 Å². The number of carbonyl (C=O) groups is 5. The molecule has 0 aromatic carbocycles. The molecule has 244 valence electrons. The first kappa shape index (κ1) is 32.9. The van der Waals surface area contributed by atoms with Gasteiger partial charge in [0.1, 0.15) is 12.3 Å². The lowest BCUT2D eigenvalue weighted by molar-refractivity contribution is -0.250. The van der Waals surface area contributed by atoms with Gasteiger partial charge in [-0.2, -0.15) is 13.2 Å². The maximum absolute atomic E-state index is 18.1. The third-order valence-corrected chi connectivity index (χ3v) is 11.2. The topological polar surface area (TPSA) is 137 Å². The zero-order chi connectivity index (χ0) is 33.3. The molecule has 2 unspecified atom stereocenters. The number of fused-ring (bicyclic) bond motifs is 5. The van der Waals surface area contributed by atoms with Gasteiger partial charge in [0.25, 0.3) is 0 Å². The van der Waals surface area contributed by atoms with Crippen molar-refractivity contribution in [2.45, 2.75) is 69.8 Å². The van der Waals surface area contributed by atoms with Gasteiger partial charge in [-0.3, -0.25) is 14.4 Å². The van der Waals surface area contributed by atoms with Crippen LogP contribution in [0.2, 0.25) is 0 Å². The third-order valence-electron chi connectivity index (χ3n) is 10.2. The zero-order valence-electron chi connectivity index (χ0n) is 24.2. The number of carboxylic acids is 1. The van der Waals surface area contributed by atoms with Crippen LogP contribution in [0.25, 0.3) is 0 Å². The fourth-order valence-corrected chi connectivity index (χ4v) is 9.28. The summed E-state index contributed by atoms with van der Waals surface area (Å²) < 4.78 is 90.7. The Hall–Kier alpha value is -3.49. The number of esters is 2. The van der Waals surface area contributed by atoms with Gasteiger partial charge in [0.2, 0.25) is 10.9 Å². The minimum atomic E-state index is -5.56. The van der Waals surface area contributed by atoms with E-state index in [1.807, 2.05) is 0 Å². The summed E-state index contributed by atoms with van der Waals surface area (Å²) in [6.45, 7) is 4.07. The maximum Gasteiger partial charge on any atom is 0.490 e. The van der Waals surface area contributed by atoms with Crippen LogP contribution in [0.15, 0.2) is 46.6 Å². The van der Waals surface area contributed by atoms with Crippen LogP contribution in [0, 0.1) is 28.6 Å². The van der Waals surface area contributed by atoms with E-state index in [-0.39, 0.29) is 29.5 Å². The molecule has 0 amide bonds. The summed E-state index contributed by atoms with van der Waals surface area (Å²) in [6.07, 6.45) is -7.25. The summed E-state index contributed by atoms with van der Waals surface area (Å²) >= 11 is 0.284. The lowest BCUT2D eigenvalue weighted by atomic mass is 9.44. The van der Waals surface area contributed by atoms with Gasteiger partial charge in [-0.1, -0.05) is 31.7 Å². The maximum atomic E-state index is 18.1. The van der Waals surface area contributed by atoms with Crippen LogP contribution < -0.4 is 0 Å². The van der Waals surface area contributed by atoms with Gasteiger partial charge in [-0.05, 0) is 62.0 Å². The molecule has 4 aliphatic rings. The third kappa shape index (κ3) is 4.75. The molecule has 0 radical (unpaired) electrons. The molecule has 1 N–H and O–H groups in total. The highest BCUT2D eigenvalue weighted by atomic mass is 32.2. The molecule has 1 aromatic rings. The minimum Gasteiger partial charge on any atom is -0.481 e. The Morgan fingerprint density at radius 3 is 2.44 bits per heavy atom. The number of furan rings is 1. The molecule has 1 aromatic heterocycles. The summed E-state index contributed by atoms with van der Waals surface area (Å²) in [6, 6.07) is 2.58. The monoisotopic (exact) mass is 660 g/mol. The van der Waals surface area contributed by atoms with E-state index in [0.717, 1.165) is 24.5 Å². The SMILES string of the molecule is C[C@@H]1CC2C3C[C@H](F)C4=CC(=O)C=C[C@]4(C)[C@@]3(F)[C@@H](OC(=O)C(F)(F)F)C[C@]2(C)[C@@]1(OC(=O)c1ccco1)C(=O)SCC(=O)O. The quantitative estimate of drug-likeness (QED) is 0.320. The molecule has 1 heterocycles. The molecule has 4 aliphatic carbocycles. The zero-order valence-corrected chi connectivity index (χ0v) is 25.0. The van der Waals surface area contributed by atoms with Crippen LogP contribution in [0.5, 0.6) is 0 Å². The Bertz CT molecular complexity index is 1500. The first-order valence-corrected chi connectivity index (χ1v) is 15.0. The smallest absolute Gasteiger partial charge is 0.481 e. The molecule has 0 spiro atoms. The molecule has 0 saturated heterocycles. The lowest BCUT2D eigenvalue weighted by Gasteiger charge is -2.63. The van der Waals surface area contributed by atoms with Crippen LogP contribution in [-0.2, 0) is 28.7 Å². The fourth-order valence-electron chi connectivity index (χ4n) is 8.33. The number of hydrogen-bond donors (Lipinski definition) is 1. The van der Waals surface area contributed by atoms with E-state index < -0.39 is 106 Å². The molecule has 9 nitrogen and oxygen atoms in total. The largest absolute Gasteiger partial charge is 0.490 e. The molecule has 15 heteroatoms. The van der Waals surface area contributed by atoms with Crippen molar-refractivity contribution in [1.82, 2.24) is 0 Å². The number of carboxylic acid groups (broad SMARTS) is 1. The Morgan fingerprint density at radius 2 is 1.84 bits per heavy atom. The van der Waals surface area contributed by atoms with Crippen LogP contribution in [0.4, 0.5) is 22.0 Å². The number of allylic oxidation sites excluding steroid dienone is 4. The van der Waals surface area contributed by atoms with Crippen LogP contribution >= 0.6 is 11.8 Å². The van der Waals surface area contributed by atoms with Crippen molar-refractivity contribution in [3.8, 4) is 0 Å². The first-order valence-electron chi connectivity index (χ1n) is 14.0. The average Bonchev–Trinajstić information content (AvgIpc) is 3.56. The van der Waals surface area contributed by atoms with Gasteiger partial charge in [0.15, 0.2) is 17.1 Å². The highest BCUT2D eigenvalue weighted by Crippen LogP contribution is 2.72. The van der Waals surface area contributed by atoms with Crippen molar-refractivity contribution in [3.05, 3.63) is 48.0 Å². The molecule has 9 atom stereocenters. The molecular formula is C30H29F5O9S. The van der Waals surface area contributed by atoms with E-state index in [1.54, 1.807) is 0 Å². The first-order chi connectivity index (χ1) is 20.8. The van der Waals surface area contributed by atoms with Crippen molar-refractivity contribution in [2.24, 2.45) is 28.6 Å². The number of ether oxygens (including phenoxy) is 2. The van der Waals surface area contributed by atoms with Crippen molar-refractivity contribution >= 4 is 40.6 Å². The normalized spacial score (nSPS) is 38.8.